The lowest BCUT2D eigenvalue weighted by atomic mass is 10.2. The zero-order valence-corrected chi connectivity index (χ0v) is 13.6. The molecule has 6 heteroatoms. The zero-order chi connectivity index (χ0) is 17.1. The number of amides is 1. The Kier molecular flexibility index (Phi) is 4.35. The topological polar surface area (TPSA) is 73.6 Å². The number of para-hydroxylation sites is 1. The van der Waals surface area contributed by atoms with Gasteiger partial charge in [-0.05, 0) is 18.2 Å². The van der Waals surface area contributed by atoms with Crippen LogP contribution in [-0.2, 0) is 11.3 Å². The minimum atomic E-state index is -0.199. The van der Waals surface area contributed by atoms with Gasteiger partial charge in [0.15, 0.2) is 0 Å². The molecule has 128 valence electrons. The number of aromatic nitrogens is 1. The van der Waals surface area contributed by atoms with Gasteiger partial charge in [0.05, 0.1) is 19.8 Å². The Morgan fingerprint density at radius 3 is 3.04 bits per heavy atom. The molecule has 1 aliphatic rings. The number of nitrogens with zero attached hydrogens (tertiary/aromatic N) is 1. The molecule has 25 heavy (non-hydrogen) atoms. The van der Waals surface area contributed by atoms with Crippen LogP contribution in [0.2, 0.25) is 0 Å². The van der Waals surface area contributed by atoms with Crippen molar-refractivity contribution in [1.82, 2.24) is 10.3 Å². The number of hydrogen-bond acceptors (Lipinski definition) is 5. The number of furan rings is 1. The molecule has 0 aliphatic carbocycles. The van der Waals surface area contributed by atoms with Crippen LogP contribution in [0.3, 0.4) is 0 Å². The van der Waals surface area contributed by atoms with E-state index in [1.807, 2.05) is 30.3 Å². The van der Waals surface area contributed by atoms with Gasteiger partial charge in [0.1, 0.15) is 17.4 Å². The van der Waals surface area contributed by atoms with Crippen LogP contribution in [0.25, 0.3) is 11.0 Å². The van der Waals surface area contributed by atoms with Gasteiger partial charge in [-0.3, -0.25) is 4.79 Å². The summed E-state index contributed by atoms with van der Waals surface area (Å²) in [5.41, 5.74) is 1.31. The molecular weight excluding hydrogens is 320 g/mol. The largest absolute Gasteiger partial charge is 0.472 e. The average Bonchev–Trinajstić information content (AvgIpc) is 3.29. The fourth-order valence-corrected chi connectivity index (χ4v) is 2.79. The Hall–Kier alpha value is -2.86. The van der Waals surface area contributed by atoms with E-state index in [0.717, 1.165) is 17.4 Å². The van der Waals surface area contributed by atoms with Crippen molar-refractivity contribution in [1.29, 1.82) is 0 Å². The van der Waals surface area contributed by atoms with Crippen molar-refractivity contribution < 1.29 is 18.7 Å². The van der Waals surface area contributed by atoms with E-state index in [0.29, 0.717) is 37.0 Å². The number of hydrogen-bond donors (Lipinski definition) is 1. The van der Waals surface area contributed by atoms with Crippen LogP contribution in [0.15, 0.2) is 53.1 Å². The number of rotatable bonds is 5. The van der Waals surface area contributed by atoms with E-state index < -0.39 is 0 Å². The Balaban J connectivity index is 1.40. The summed E-state index contributed by atoms with van der Waals surface area (Å²) < 4.78 is 16.7. The normalized spacial score (nSPS) is 16.9. The average molecular weight is 338 g/mol. The third-order valence-corrected chi connectivity index (χ3v) is 4.07. The highest BCUT2D eigenvalue weighted by Gasteiger charge is 2.18. The number of pyridine rings is 1. The molecule has 6 nitrogen and oxygen atoms in total. The Labute approximate surface area is 144 Å². The van der Waals surface area contributed by atoms with Crippen LogP contribution < -0.4 is 10.1 Å². The van der Waals surface area contributed by atoms with E-state index in [1.165, 1.54) is 0 Å². The summed E-state index contributed by atoms with van der Waals surface area (Å²) in [6.45, 7) is 1.58. The first-order chi connectivity index (χ1) is 12.3. The minimum Gasteiger partial charge on any atom is -0.472 e. The highest BCUT2D eigenvalue weighted by molar-refractivity contribution is 5.94. The molecule has 0 saturated carbocycles. The van der Waals surface area contributed by atoms with Crippen LogP contribution in [0, 0.1) is 0 Å². The molecule has 0 bridgehead atoms. The van der Waals surface area contributed by atoms with Crippen molar-refractivity contribution in [2.75, 3.05) is 13.2 Å². The van der Waals surface area contributed by atoms with Gasteiger partial charge in [0, 0.05) is 29.6 Å². The molecule has 1 saturated heterocycles. The number of carbonyl (C=O) groups excluding carboxylic acids is 1. The van der Waals surface area contributed by atoms with Crippen LogP contribution in [0.1, 0.15) is 22.5 Å². The first-order valence-electron chi connectivity index (χ1n) is 8.24. The molecule has 0 spiro atoms. The van der Waals surface area contributed by atoms with E-state index in [1.54, 1.807) is 18.3 Å². The lowest BCUT2D eigenvalue weighted by Gasteiger charge is -2.11. The van der Waals surface area contributed by atoms with Crippen molar-refractivity contribution in [2.24, 2.45) is 0 Å². The van der Waals surface area contributed by atoms with E-state index in [-0.39, 0.29) is 12.0 Å². The van der Waals surface area contributed by atoms with Crippen molar-refractivity contribution in [3.05, 3.63) is 60.0 Å². The molecule has 0 radical (unpaired) electrons. The van der Waals surface area contributed by atoms with Crippen molar-refractivity contribution in [3.63, 3.8) is 0 Å². The van der Waals surface area contributed by atoms with Gasteiger partial charge < -0.3 is 19.2 Å². The number of carbonyl (C=O) groups is 1. The van der Waals surface area contributed by atoms with Crippen LogP contribution in [0.4, 0.5) is 0 Å². The van der Waals surface area contributed by atoms with E-state index >= 15 is 0 Å². The van der Waals surface area contributed by atoms with Gasteiger partial charge in [-0.15, -0.1) is 0 Å². The third kappa shape index (κ3) is 3.64. The molecule has 1 aromatic carbocycles. The first kappa shape index (κ1) is 15.7. The highest BCUT2D eigenvalue weighted by atomic mass is 16.5. The fourth-order valence-electron chi connectivity index (χ4n) is 2.79. The molecule has 1 atom stereocenters. The van der Waals surface area contributed by atoms with Crippen molar-refractivity contribution >= 4 is 16.9 Å². The second-order valence-corrected chi connectivity index (χ2v) is 5.92. The standard InChI is InChI=1S/C19H18N2O4/c22-19(21-11-16-9-13-3-1-2-4-17(13)24-16)14-5-7-20-18(10-14)25-15-6-8-23-12-15/h1-5,7,9-10,15H,6,8,11-12H2,(H,21,22). The van der Waals surface area contributed by atoms with Crippen molar-refractivity contribution in [3.8, 4) is 5.88 Å². The van der Waals surface area contributed by atoms with Gasteiger partial charge in [-0.25, -0.2) is 4.98 Å². The summed E-state index contributed by atoms with van der Waals surface area (Å²) >= 11 is 0. The third-order valence-electron chi connectivity index (χ3n) is 4.07. The summed E-state index contributed by atoms with van der Waals surface area (Å²) in [7, 11) is 0. The van der Waals surface area contributed by atoms with E-state index in [9.17, 15) is 4.79 Å². The van der Waals surface area contributed by atoms with Gasteiger partial charge >= 0.3 is 0 Å². The quantitative estimate of drug-likeness (QED) is 0.774. The maximum absolute atomic E-state index is 12.4. The van der Waals surface area contributed by atoms with Gasteiger partial charge in [0.25, 0.3) is 5.91 Å². The van der Waals surface area contributed by atoms with E-state index in [4.69, 9.17) is 13.9 Å². The number of ether oxygens (including phenoxy) is 2. The lowest BCUT2D eigenvalue weighted by molar-refractivity contribution is 0.0946. The zero-order valence-electron chi connectivity index (χ0n) is 13.6. The first-order valence-corrected chi connectivity index (χ1v) is 8.24. The molecule has 1 aliphatic heterocycles. The summed E-state index contributed by atoms with van der Waals surface area (Å²) in [5.74, 6) is 0.949. The minimum absolute atomic E-state index is 0.00126. The molecular formula is C19H18N2O4. The second-order valence-electron chi connectivity index (χ2n) is 5.92. The summed E-state index contributed by atoms with van der Waals surface area (Å²) in [5, 5.41) is 3.87. The monoisotopic (exact) mass is 338 g/mol. The Morgan fingerprint density at radius 1 is 1.28 bits per heavy atom. The second kappa shape index (κ2) is 6.94. The van der Waals surface area contributed by atoms with Crippen LogP contribution in [-0.4, -0.2) is 30.2 Å². The summed E-state index contributed by atoms with van der Waals surface area (Å²) in [6, 6.07) is 13.0. The number of benzene rings is 1. The van der Waals surface area contributed by atoms with Gasteiger partial charge in [-0.2, -0.15) is 0 Å². The molecule has 4 rings (SSSR count). The summed E-state index contributed by atoms with van der Waals surface area (Å²) in [4.78, 5) is 16.5. The Bertz CT molecular complexity index is 851. The van der Waals surface area contributed by atoms with Crippen molar-refractivity contribution in [2.45, 2.75) is 19.1 Å². The number of nitrogens with one attached hydrogen (secondary N) is 1. The molecule has 1 N–H and O–H groups in total. The van der Waals surface area contributed by atoms with Gasteiger partial charge in [-0.1, -0.05) is 18.2 Å². The molecule has 3 heterocycles. The molecule has 3 aromatic rings. The lowest BCUT2D eigenvalue weighted by Crippen LogP contribution is -2.23. The van der Waals surface area contributed by atoms with E-state index in [2.05, 4.69) is 10.3 Å². The molecule has 1 fully saturated rings. The maximum atomic E-state index is 12.4. The maximum Gasteiger partial charge on any atom is 0.251 e. The van der Waals surface area contributed by atoms with Crippen LogP contribution in [0.5, 0.6) is 5.88 Å². The predicted octanol–water partition coefficient (Wildman–Crippen LogP) is 2.93. The molecule has 1 amide bonds. The summed E-state index contributed by atoms with van der Waals surface area (Å²) in [6.07, 6.45) is 2.41. The SMILES string of the molecule is O=C(NCc1cc2ccccc2o1)c1ccnc(OC2CCOC2)c1. The highest BCUT2D eigenvalue weighted by Crippen LogP contribution is 2.19. The fraction of sp³-hybridized carbons (Fsp3) is 0.263. The molecule has 2 aromatic heterocycles. The smallest absolute Gasteiger partial charge is 0.251 e. The molecule has 1 unspecified atom stereocenters. The van der Waals surface area contributed by atoms with Crippen LogP contribution >= 0.6 is 0 Å². The van der Waals surface area contributed by atoms with Gasteiger partial charge in [0.2, 0.25) is 5.88 Å². The predicted molar refractivity (Wildman–Crippen MR) is 91.5 cm³/mol. The number of fused-ring (bicyclic) bond motifs is 1. The Morgan fingerprint density at radius 2 is 2.20 bits per heavy atom.